The van der Waals surface area contributed by atoms with Crippen molar-refractivity contribution in [2.75, 3.05) is 27.7 Å². The highest BCUT2D eigenvalue weighted by Crippen LogP contribution is 2.18. The molecule has 0 bridgehead atoms. The number of halogens is 2. The summed E-state index contributed by atoms with van der Waals surface area (Å²) in [4.78, 5) is 7.63. The lowest BCUT2D eigenvalue weighted by molar-refractivity contribution is 0.297. The quantitative estimate of drug-likeness (QED) is 0.379. The Labute approximate surface area is 170 Å². The van der Waals surface area contributed by atoms with E-state index in [0.717, 1.165) is 18.1 Å². The van der Waals surface area contributed by atoms with Crippen molar-refractivity contribution in [1.29, 1.82) is 0 Å². The second-order valence-corrected chi connectivity index (χ2v) is 6.87. The van der Waals surface area contributed by atoms with Crippen molar-refractivity contribution in [3.63, 3.8) is 0 Å². The highest BCUT2D eigenvalue weighted by Gasteiger charge is 2.15. The van der Waals surface area contributed by atoms with E-state index in [-0.39, 0.29) is 35.8 Å². The first-order chi connectivity index (χ1) is 11.5. The number of likely N-dealkylation sites (N-methyl/N-ethyl adjacent to an activating group) is 1. The Morgan fingerprint density at radius 3 is 2.60 bits per heavy atom. The smallest absolute Gasteiger partial charge is 0.191 e. The van der Waals surface area contributed by atoms with Crippen molar-refractivity contribution in [2.45, 2.75) is 19.5 Å². The summed E-state index contributed by atoms with van der Waals surface area (Å²) < 4.78 is 13.5. The van der Waals surface area contributed by atoms with Crippen LogP contribution < -0.4 is 10.6 Å². The zero-order valence-corrected chi connectivity index (χ0v) is 18.2. The molecule has 1 unspecified atom stereocenters. The summed E-state index contributed by atoms with van der Waals surface area (Å²) in [5, 5.41) is 8.75. The van der Waals surface area contributed by atoms with Gasteiger partial charge in [-0.1, -0.05) is 12.1 Å². The maximum absolute atomic E-state index is 13.5. The summed E-state index contributed by atoms with van der Waals surface area (Å²) in [5.41, 5.74) is 2.23. The zero-order valence-electron chi connectivity index (χ0n) is 15.0. The van der Waals surface area contributed by atoms with Gasteiger partial charge in [0.2, 0.25) is 0 Å². The Morgan fingerprint density at radius 1 is 1.28 bits per heavy atom. The number of nitrogens with one attached hydrogen (secondary N) is 2. The van der Waals surface area contributed by atoms with Crippen LogP contribution in [0.5, 0.6) is 0 Å². The van der Waals surface area contributed by atoms with E-state index in [0.29, 0.717) is 6.54 Å². The van der Waals surface area contributed by atoms with Gasteiger partial charge in [-0.05, 0) is 55.7 Å². The average molecular weight is 476 g/mol. The number of hydrogen-bond acceptors (Lipinski definition) is 3. The Morgan fingerprint density at radius 2 is 2.04 bits per heavy atom. The molecule has 0 amide bonds. The number of rotatable bonds is 6. The Kier molecular flexibility index (Phi) is 9.37. The van der Waals surface area contributed by atoms with Crippen LogP contribution in [0.15, 0.2) is 40.7 Å². The molecule has 1 aromatic heterocycles. The van der Waals surface area contributed by atoms with Crippen LogP contribution in [0, 0.1) is 12.7 Å². The molecule has 2 rings (SSSR count). The van der Waals surface area contributed by atoms with E-state index in [9.17, 15) is 4.39 Å². The van der Waals surface area contributed by atoms with Gasteiger partial charge in [0.1, 0.15) is 5.82 Å². The van der Waals surface area contributed by atoms with E-state index < -0.39 is 0 Å². The predicted octanol–water partition coefficient (Wildman–Crippen LogP) is 3.78. The largest absolute Gasteiger partial charge is 0.354 e. The molecule has 7 heteroatoms. The lowest BCUT2D eigenvalue weighted by Gasteiger charge is -2.26. The van der Waals surface area contributed by atoms with Gasteiger partial charge in [-0.3, -0.25) is 4.99 Å². The van der Waals surface area contributed by atoms with Gasteiger partial charge in [0, 0.05) is 18.5 Å². The summed E-state index contributed by atoms with van der Waals surface area (Å²) in [6, 6.07) is 8.91. The minimum absolute atomic E-state index is 0. The maximum atomic E-state index is 13.5. The van der Waals surface area contributed by atoms with Gasteiger partial charge in [-0.25, -0.2) is 4.39 Å². The van der Waals surface area contributed by atoms with E-state index in [4.69, 9.17) is 0 Å². The fourth-order valence-corrected chi connectivity index (χ4v) is 3.32. The van der Waals surface area contributed by atoms with Gasteiger partial charge in [-0.2, -0.15) is 0 Å². The highest BCUT2D eigenvalue weighted by molar-refractivity contribution is 14.0. The maximum Gasteiger partial charge on any atom is 0.191 e. The average Bonchev–Trinajstić information content (AvgIpc) is 2.95. The molecule has 25 heavy (non-hydrogen) atoms. The second-order valence-electron chi connectivity index (χ2n) is 5.87. The number of nitrogens with zero attached hydrogens (tertiary/aromatic N) is 2. The minimum atomic E-state index is -0.213. The van der Waals surface area contributed by atoms with Crippen LogP contribution in [0.2, 0.25) is 0 Å². The number of thiophene rings is 1. The van der Waals surface area contributed by atoms with Crippen molar-refractivity contribution in [1.82, 2.24) is 15.5 Å². The van der Waals surface area contributed by atoms with Gasteiger partial charge in [0.25, 0.3) is 0 Å². The number of hydrogen-bond donors (Lipinski definition) is 2. The highest BCUT2D eigenvalue weighted by atomic mass is 127. The third-order valence-electron chi connectivity index (χ3n) is 3.93. The van der Waals surface area contributed by atoms with Crippen LogP contribution >= 0.6 is 35.3 Å². The molecule has 2 aromatic rings. The lowest BCUT2D eigenvalue weighted by Crippen LogP contribution is -2.41. The number of aryl methyl sites for hydroxylation is 1. The molecule has 1 heterocycles. The van der Waals surface area contributed by atoms with E-state index in [2.05, 4.69) is 38.9 Å². The van der Waals surface area contributed by atoms with E-state index in [1.165, 1.54) is 16.5 Å². The molecule has 4 nitrogen and oxygen atoms in total. The van der Waals surface area contributed by atoms with Crippen LogP contribution in [-0.4, -0.2) is 38.5 Å². The van der Waals surface area contributed by atoms with Crippen molar-refractivity contribution in [3.8, 4) is 0 Å². The van der Waals surface area contributed by atoms with Gasteiger partial charge in [-0.15, -0.1) is 35.3 Å². The Bertz CT molecular complexity index is 687. The van der Waals surface area contributed by atoms with Crippen LogP contribution in [-0.2, 0) is 6.54 Å². The van der Waals surface area contributed by atoms with Crippen molar-refractivity contribution in [3.05, 3.63) is 57.5 Å². The first-order valence-corrected chi connectivity index (χ1v) is 8.78. The monoisotopic (exact) mass is 476 g/mol. The third kappa shape index (κ3) is 6.56. The van der Waals surface area contributed by atoms with E-state index in [1.807, 2.05) is 20.2 Å². The standard InChI is InChI=1S/C18H25FN4S.HI/c1-13-8-9-24-17(13)12-22-18(20-2)21-11-16(23(3)4)14-6-5-7-15(19)10-14;/h5-10,16H,11-12H2,1-4H3,(H2,20,21,22);1H. The lowest BCUT2D eigenvalue weighted by atomic mass is 10.1. The molecule has 2 N–H and O–H groups in total. The Balaban J connectivity index is 0.00000312. The summed E-state index contributed by atoms with van der Waals surface area (Å²) in [6.45, 7) is 3.49. The first kappa shape index (κ1) is 21.9. The topological polar surface area (TPSA) is 39.7 Å². The summed E-state index contributed by atoms with van der Waals surface area (Å²) in [6.07, 6.45) is 0. The van der Waals surface area contributed by atoms with Crippen molar-refractivity contribution < 1.29 is 4.39 Å². The molecule has 0 spiro atoms. The van der Waals surface area contributed by atoms with Gasteiger partial charge >= 0.3 is 0 Å². The number of aliphatic imine (C=N–C) groups is 1. The minimum Gasteiger partial charge on any atom is -0.354 e. The molecule has 0 aliphatic carbocycles. The molecule has 1 aromatic carbocycles. The molecular formula is C18H26FIN4S. The molecule has 0 aliphatic rings. The van der Waals surface area contributed by atoms with Crippen molar-refractivity contribution in [2.24, 2.45) is 4.99 Å². The molecular weight excluding hydrogens is 450 g/mol. The Hall–Kier alpha value is -1.19. The normalized spacial score (nSPS) is 12.6. The molecule has 0 fully saturated rings. The van der Waals surface area contributed by atoms with Crippen LogP contribution in [0.1, 0.15) is 22.0 Å². The molecule has 0 radical (unpaired) electrons. The summed E-state index contributed by atoms with van der Waals surface area (Å²) >= 11 is 1.73. The zero-order chi connectivity index (χ0) is 17.5. The molecule has 0 saturated carbocycles. The van der Waals surface area contributed by atoms with E-state index >= 15 is 0 Å². The van der Waals surface area contributed by atoms with Crippen LogP contribution in [0.25, 0.3) is 0 Å². The molecule has 1 atom stereocenters. The first-order valence-electron chi connectivity index (χ1n) is 7.90. The number of guanidine groups is 1. The molecule has 138 valence electrons. The molecule has 0 aliphatic heterocycles. The van der Waals surface area contributed by atoms with Crippen LogP contribution in [0.3, 0.4) is 0 Å². The SMILES string of the molecule is CN=C(NCc1sccc1C)NCC(c1cccc(F)c1)N(C)C.I. The van der Waals surface area contributed by atoms with Crippen LogP contribution in [0.4, 0.5) is 4.39 Å². The number of benzene rings is 1. The summed E-state index contributed by atoms with van der Waals surface area (Å²) in [5.74, 6) is 0.529. The van der Waals surface area contributed by atoms with E-state index in [1.54, 1.807) is 30.5 Å². The molecule has 0 saturated heterocycles. The summed E-state index contributed by atoms with van der Waals surface area (Å²) in [7, 11) is 5.73. The van der Waals surface area contributed by atoms with Gasteiger partial charge in [0.05, 0.1) is 12.6 Å². The second kappa shape index (κ2) is 10.7. The predicted molar refractivity (Wildman–Crippen MR) is 116 cm³/mol. The third-order valence-corrected chi connectivity index (χ3v) is 4.95. The van der Waals surface area contributed by atoms with Crippen molar-refractivity contribution >= 4 is 41.3 Å². The fourth-order valence-electron chi connectivity index (χ4n) is 2.48. The van der Waals surface area contributed by atoms with Gasteiger partial charge in [0.15, 0.2) is 5.96 Å². The van der Waals surface area contributed by atoms with Gasteiger partial charge < -0.3 is 15.5 Å². The fraction of sp³-hybridized carbons (Fsp3) is 0.389.